The number of hydrogen-bond acceptors (Lipinski definition) is 5. The van der Waals surface area contributed by atoms with Crippen molar-refractivity contribution in [2.75, 3.05) is 25.0 Å². The Morgan fingerprint density at radius 1 is 1.27 bits per heavy atom. The van der Waals surface area contributed by atoms with Gasteiger partial charge in [-0.3, -0.25) is 4.79 Å². The van der Waals surface area contributed by atoms with Gasteiger partial charge in [0.05, 0.1) is 5.52 Å². The summed E-state index contributed by atoms with van der Waals surface area (Å²) in [7, 11) is 0. The molecule has 0 atom stereocenters. The van der Waals surface area contributed by atoms with Crippen molar-refractivity contribution in [3.05, 3.63) is 40.8 Å². The highest BCUT2D eigenvalue weighted by atomic mass is 32.1. The van der Waals surface area contributed by atoms with Gasteiger partial charge in [-0.25, -0.2) is 9.97 Å². The fraction of sp³-hybridized carbons (Fsp3) is 0.381. The molecule has 30 heavy (non-hydrogen) atoms. The number of aromatic nitrogens is 2. The summed E-state index contributed by atoms with van der Waals surface area (Å²) >= 11 is 1.47. The molecule has 1 amide bonds. The molecule has 3 aromatic rings. The minimum atomic E-state index is -4.51. The molecule has 158 valence electrons. The number of anilines is 1. The summed E-state index contributed by atoms with van der Waals surface area (Å²) in [6, 6.07) is 4.28. The predicted octanol–water partition coefficient (Wildman–Crippen LogP) is 5.05. The molecule has 5 nitrogen and oxygen atoms in total. The van der Waals surface area contributed by atoms with E-state index in [4.69, 9.17) is 0 Å². The number of thiophene rings is 1. The van der Waals surface area contributed by atoms with Crippen LogP contribution in [0.2, 0.25) is 0 Å². The maximum absolute atomic E-state index is 13.3. The van der Waals surface area contributed by atoms with Gasteiger partial charge in [0.15, 0.2) is 0 Å². The standard InChI is InChI=1S/C21H21F3N4OS/c1-13(29)28-7-4-14(5-8-28)10-25-20-16-2-3-18(21(22,23)24)27-19(16)17(11-26-20)15-6-9-30-12-15/h2-3,6,9,11-12,14H,4-5,7-8,10H2,1H3,(H,25,26). The molecule has 1 aliphatic heterocycles. The van der Waals surface area contributed by atoms with Crippen LogP contribution in [-0.4, -0.2) is 40.4 Å². The van der Waals surface area contributed by atoms with Crippen molar-refractivity contribution < 1.29 is 18.0 Å². The smallest absolute Gasteiger partial charge is 0.369 e. The number of carbonyl (C=O) groups is 1. The van der Waals surface area contributed by atoms with Crippen LogP contribution in [0.3, 0.4) is 0 Å². The number of alkyl halides is 3. The maximum atomic E-state index is 13.3. The minimum Gasteiger partial charge on any atom is -0.369 e. The Balaban J connectivity index is 1.61. The van der Waals surface area contributed by atoms with Crippen LogP contribution in [0.25, 0.3) is 22.0 Å². The molecule has 0 aliphatic carbocycles. The number of fused-ring (bicyclic) bond motifs is 1. The molecule has 0 bridgehead atoms. The molecule has 9 heteroatoms. The molecule has 0 saturated carbocycles. The molecule has 1 fully saturated rings. The number of likely N-dealkylation sites (tertiary alicyclic amines) is 1. The first-order chi connectivity index (χ1) is 14.3. The first-order valence-corrected chi connectivity index (χ1v) is 10.7. The van der Waals surface area contributed by atoms with Crippen molar-refractivity contribution in [3.63, 3.8) is 0 Å². The number of halogens is 3. The van der Waals surface area contributed by atoms with Gasteiger partial charge in [0.2, 0.25) is 5.91 Å². The topological polar surface area (TPSA) is 58.1 Å². The molecular formula is C21H21F3N4OS. The SMILES string of the molecule is CC(=O)N1CCC(CNc2ncc(-c3ccsc3)c3nc(C(F)(F)F)ccc23)CC1. The number of rotatable bonds is 4. The molecular weight excluding hydrogens is 413 g/mol. The third-order valence-corrected chi connectivity index (χ3v) is 6.15. The van der Waals surface area contributed by atoms with E-state index in [9.17, 15) is 18.0 Å². The maximum Gasteiger partial charge on any atom is 0.433 e. The third kappa shape index (κ3) is 4.26. The number of nitrogens with one attached hydrogen (secondary N) is 1. The Hall–Kier alpha value is -2.68. The van der Waals surface area contributed by atoms with Crippen molar-refractivity contribution in [3.8, 4) is 11.1 Å². The summed E-state index contributed by atoms with van der Waals surface area (Å²) in [4.78, 5) is 21.7. The van der Waals surface area contributed by atoms with Crippen LogP contribution in [0.1, 0.15) is 25.5 Å². The highest BCUT2D eigenvalue weighted by Crippen LogP contribution is 2.35. The van der Waals surface area contributed by atoms with E-state index in [1.54, 1.807) is 13.1 Å². The van der Waals surface area contributed by atoms with E-state index in [0.717, 1.165) is 37.6 Å². The Bertz CT molecular complexity index is 1040. The van der Waals surface area contributed by atoms with Crippen molar-refractivity contribution in [2.45, 2.75) is 25.9 Å². The van der Waals surface area contributed by atoms with Gasteiger partial charge in [0, 0.05) is 43.7 Å². The molecule has 4 rings (SSSR count). The molecule has 0 unspecified atom stereocenters. The van der Waals surface area contributed by atoms with Crippen molar-refractivity contribution in [2.24, 2.45) is 5.92 Å². The van der Waals surface area contributed by atoms with Gasteiger partial charge in [-0.2, -0.15) is 24.5 Å². The van der Waals surface area contributed by atoms with Crippen molar-refractivity contribution in [1.82, 2.24) is 14.9 Å². The summed E-state index contributed by atoms with van der Waals surface area (Å²) in [5, 5.41) is 7.60. The molecule has 3 aromatic heterocycles. The molecule has 0 radical (unpaired) electrons. The molecule has 0 spiro atoms. The van der Waals surface area contributed by atoms with E-state index in [1.807, 2.05) is 21.7 Å². The second kappa shape index (κ2) is 8.22. The summed E-state index contributed by atoms with van der Waals surface area (Å²) in [6.07, 6.45) is -1.16. The Morgan fingerprint density at radius 2 is 2.03 bits per heavy atom. The largest absolute Gasteiger partial charge is 0.433 e. The molecule has 1 saturated heterocycles. The van der Waals surface area contributed by atoms with E-state index >= 15 is 0 Å². The highest BCUT2D eigenvalue weighted by molar-refractivity contribution is 7.08. The zero-order valence-corrected chi connectivity index (χ0v) is 17.2. The fourth-order valence-corrected chi connectivity index (χ4v) is 4.39. The van der Waals surface area contributed by atoms with Crippen LogP contribution in [0, 0.1) is 5.92 Å². The molecule has 4 heterocycles. The first-order valence-electron chi connectivity index (χ1n) is 9.72. The Kier molecular flexibility index (Phi) is 5.64. The summed E-state index contributed by atoms with van der Waals surface area (Å²) in [5.41, 5.74) is 0.748. The summed E-state index contributed by atoms with van der Waals surface area (Å²) in [6.45, 7) is 3.67. The predicted molar refractivity (Wildman–Crippen MR) is 111 cm³/mol. The number of amides is 1. The Labute approximate surface area is 175 Å². The number of nitrogens with zero attached hydrogens (tertiary/aromatic N) is 3. The average molecular weight is 434 g/mol. The summed E-state index contributed by atoms with van der Waals surface area (Å²) < 4.78 is 39.8. The fourth-order valence-electron chi connectivity index (χ4n) is 3.74. The minimum absolute atomic E-state index is 0.0876. The van der Waals surface area contributed by atoms with Crippen LogP contribution >= 0.6 is 11.3 Å². The highest BCUT2D eigenvalue weighted by Gasteiger charge is 2.33. The normalized spacial score (nSPS) is 15.5. The summed E-state index contributed by atoms with van der Waals surface area (Å²) in [5.74, 6) is 0.986. The van der Waals surface area contributed by atoms with Crippen molar-refractivity contribution in [1.29, 1.82) is 0 Å². The van der Waals surface area contributed by atoms with Gasteiger partial charge >= 0.3 is 6.18 Å². The second-order valence-corrected chi connectivity index (χ2v) is 8.23. The second-order valence-electron chi connectivity index (χ2n) is 7.45. The number of carbonyl (C=O) groups excluding carboxylic acids is 1. The van der Waals surface area contributed by atoms with Crippen LogP contribution in [0.4, 0.5) is 19.0 Å². The lowest BCUT2D eigenvalue weighted by Crippen LogP contribution is -2.38. The number of piperidine rings is 1. The van der Waals surface area contributed by atoms with E-state index < -0.39 is 11.9 Å². The van der Waals surface area contributed by atoms with E-state index in [0.29, 0.717) is 29.2 Å². The van der Waals surface area contributed by atoms with Crippen LogP contribution < -0.4 is 5.32 Å². The van der Waals surface area contributed by atoms with Crippen LogP contribution in [0.5, 0.6) is 0 Å². The van der Waals surface area contributed by atoms with Gasteiger partial charge in [0.1, 0.15) is 11.5 Å². The number of pyridine rings is 2. The Morgan fingerprint density at radius 3 is 2.67 bits per heavy atom. The van der Waals surface area contributed by atoms with Gasteiger partial charge < -0.3 is 10.2 Å². The van der Waals surface area contributed by atoms with Crippen LogP contribution in [0.15, 0.2) is 35.2 Å². The number of hydrogen-bond donors (Lipinski definition) is 1. The lowest BCUT2D eigenvalue weighted by atomic mass is 9.96. The van der Waals surface area contributed by atoms with Gasteiger partial charge in [-0.15, -0.1) is 0 Å². The van der Waals surface area contributed by atoms with Gasteiger partial charge in [0.25, 0.3) is 0 Å². The van der Waals surface area contributed by atoms with E-state index in [1.165, 1.54) is 17.4 Å². The zero-order chi connectivity index (χ0) is 21.3. The molecule has 0 aromatic carbocycles. The molecule has 1 N–H and O–H groups in total. The van der Waals surface area contributed by atoms with E-state index in [2.05, 4.69) is 15.3 Å². The van der Waals surface area contributed by atoms with Crippen LogP contribution in [-0.2, 0) is 11.0 Å². The van der Waals surface area contributed by atoms with Gasteiger partial charge in [-0.1, -0.05) is 0 Å². The van der Waals surface area contributed by atoms with Gasteiger partial charge in [-0.05, 0) is 53.3 Å². The first kappa shape index (κ1) is 20.6. The molecule has 1 aliphatic rings. The quantitative estimate of drug-likeness (QED) is 0.625. The lowest BCUT2D eigenvalue weighted by molar-refractivity contribution is -0.141. The van der Waals surface area contributed by atoms with Crippen molar-refractivity contribution >= 4 is 34.0 Å². The zero-order valence-electron chi connectivity index (χ0n) is 16.4. The third-order valence-electron chi connectivity index (χ3n) is 5.47. The lowest BCUT2D eigenvalue weighted by Gasteiger charge is -2.31. The average Bonchev–Trinajstić information content (AvgIpc) is 3.25. The monoisotopic (exact) mass is 434 g/mol. The van der Waals surface area contributed by atoms with E-state index in [-0.39, 0.29) is 11.4 Å².